The van der Waals surface area contributed by atoms with E-state index >= 15 is 0 Å². The third-order valence-corrected chi connectivity index (χ3v) is 4.39. The van der Waals surface area contributed by atoms with Gasteiger partial charge in [-0.3, -0.25) is 9.59 Å². The molecule has 1 rings (SSSR count). The van der Waals surface area contributed by atoms with Gasteiger partial charge in [0.1, 0.15) is 12.6 Å². The number of aliphatic hydroxyl groups is 1. The zero-order chi connectivity index (χ0) is 19.5. The van der Waals surface area contributed by atoms with E-state index < -0.39 is 23.9 Å². The highest BCUT2D eigenvalue weighted by molar-refractivity contribution is 7.14. The fraction of sp³-hybridized carbons (Fsp3) is 0.500. The zero-order valence-electron chi connectivity index (χ0n) is 15.1. The van der Waals surface area contributed by atoms with Gasteiger partial charge in [-0.15, -0.1) is 11.3 Å². The molecule has 1 heterocycles. The Bertz CT molecular complexity index is 700. The van der Waals surface area contributed by atoms with Gasteiger partial charge in [0.2, 0.25) is 0 Å². The van der Waals surface area contributed by atoms with E-state index in [4.69, 9.17) is 14.6 Å². The Morgan fingerprint density at radius 1 is 1.27 bits per heavy atom. The van der Waals surface area contributed by atoms with E-state index in [9.17, 15) is 14.4 Å². The Kier molecular flexibility index (Phi) is 9.41. The summed E-state index contributed by atoms with van der Waals surface area (Å²) in [4.78, 5) is 37.1. The molecule has 0 aromatic carbocycles. The van der Waals surface area contributed by atoms with Crippen LogP contribution in [-0.2, 0) is 19.1 Å². The molecule has 1 aromatic heterocycles. The summed E-state index contributed by atoms with van der Waals surface area (Å²) in [6.45, 7) is 5.32. The van der Waals surface area contributed by atoms with Crippen molar-refractivity contribution in [3.63, 3.8) is 0 Å². The van der Waals surface area contributed by atoms with Crippen LogP contribution in [0.4, 0.5) is 0 Å². The van der Waals surface area contributed by atoms with Crippen LogP contribution in [0, 0.1) is 18.8 Å². The van der Waals surface area contributed by atoms with Gasteiger partial charge in [0.15, 0.2) is 0 Å². The molecule has 0 aliphatic rings. The molecule has 0 aliphatic carbocycles. The number of amides is 1. The van der Waals surface area contributed by atoms with Gasteiger partial charge in [-0.2, -0.15) is 0 Å². The molecule has 0 saturated heterocycles. The summed E-state index contributed by atoms with van der Waals surface area (Å²) >= 11 is 1.17. The van der Waals surface area contributed by atoms with E-state index in [1.54, 1.807) is 26.8 Å². The minimum absolute atomic E-state index is 0.00566. The molecule has 0 radical (unpaired) electrons. The van der Waals surface area contributed by atoms with Crippen molar-refractivity contribution in [2.45, 2.75) is 39.7 Å². The number of rotatable bonds is 8. The van der Waals surface area contributed by atoms with Crippen LogP contribution in [0.2, 0.25) is 0 Å². The molecule has 0 unspecified atom stereocenters. The van der Waals surface area contributed by atoms with Crippen LogP contribution in [0.1, 0.15) is 46.8 Å². The largest absolute Gasteiger partial charge is 0.466 e. The molecule has 1 amide bonds. The summed E-state index contributed by atoms with van der Waals surface area (Å²) in [5.41, 5.74) is 0.806. The molecule has 2 N–H and O–H groups in total. The minimum Gasteiger partial charge on any atom is -0.466 e. The Hall–Kier alpha value is -2.37. The van der Waals surface area contributed by atoms with Gasteiger partial charge >= 0.3 is 11.9 Å². The minimum atomic E-state index is -0.943. The van der Waals surface area contributed by atoms with Crippen molar-refractivity contribution in [3.05, 3.63) is 21.4 Å². The number of hydrogen-bond acceptors (Lipinski definition) is 7. The normalized spacial score (nSPS) is 11.1. The van der Waals surface area contributed by atoms with Crippen molar-refractivity contribution in [3.8, 4) is 11.8 Å². The first kappa shape index (κ1) is 21.7. The summed E-state index contributed by atoms with van der Waals surface area (Å²) < 4.78 is 9.80. The molecule has 0 saturated carbocycles. The van der Waals surface area contributed by atoms with Crippen LogP contribution in [0.15, 0.2) is 6.07 Å². The smallest absolute Gasteiger partial charge is 0.328 e. The number of esters is 2. The second-order valence-electron chi connectivity index (χ2n) is 5.20. The third kappa shape index (κ3) is 6.86. The predicted octanol–water partition coefficient (Wildman–Crippen LogP) is 1.41. The van der Waals surface area contributed by atoms with Crippen LogP contribution >= 0.6 is 11.3 Å². The summed E-state index contributed by atoms with van der Waals surface area (Å²) in [5.74, 6) is 3.83. The van der Waals surface area contributed by atoms with Gasteiger partial charge in [-0.25, -0.2) is 4.79 Å². The molecule has 0 bridgehead atoms. The molecule has 26 heavy (non-hydrogen) atoms. The van der Waals surface area contributed by atoms with Crippen molar-refractivity contribution < 1.29 is 29.0 Å². The van der Waals surface area contributed by atoms with Gasteiger partial charge in [0.05, 0.1) is 23.0 Å². The van der Waals surface area contributed by atoms with Gasteiger partial charge in [-0.05, 0) is 38.8 Å². The molecular weight excluding hydrogens is 358 g/mol. The Balaban J connectivity index is 2.83. The fourth-order valence-corrected chi connectivity index (χ4v) is 3.00. The highest BCUT2D eigenvalue weighted by Gasteiger charge is 2.24. The number of carbonyl (C=O) groups is 3. The molecule has 1 aromatic rings. The van der Waals surface area contributed by atoms with E-state index in [2.05, 4.69) is 17.2 Å². The average Bonchev–Trinajstić information content (AvgIpc) is 2.98. The molecular formula is C18H23NO6S. The summed E-state index contributed by atoms with van der Waals surface area (Å²) in [7, 11) is 0. The van der Waals surface area contributed by atoms with Crippen LogP contribution in [0.5, 0.6) is 0 Å². The number of aryl methyl sites for hydroxylation is 1. The summed E-state index contributed by atoms with van der Waals surface area (Å²) in [6, 6.07) is 0.718. The maximum absolute atomic E-state index is 12.5. The lowest BCUT2D eigenvalue weighted by atomic mass is 10.1. The van der Waals surface area contributed by atoms with Gasteiger partial charge < -0.3 is 19.9 Å². The first-order valence-corrected chi connectivity index (χ1v) is 9.07. The summed E-state index contributed by atoms with van der Waals surface area (Å²) in [5, 5.41) is 11.4. The second kappa shape index (κ2) is 11.3. The van der Waals surface area contributed by atoms with Gasteiger partial charge in [0, 0.05) is 6.42 Å². The molecule has 7 nitrogen and oxygen atoms in total. The van der Waals surface area contributed by atoms with E-state index in [0.29, 0.717) is 9.75 Å². The highest BCUT2D eigenvalue weighted by Crippen LogP contribution is 2.21. The molecule has 142 valence electrons. The van der Waals surface area contributed by atoms with E-state index in [-0.39, 0.29) is 32.7 Å². The lowest BCUT2D eigenvalue weighted by molar-refractivity contribution is -0.146. The van der Waals surface area contributed by atoms with E-state index in [1.165, 1.54) is 11.3 Å². The lowest BCUT2D eigenvalue weighted by Crippen LogP contribution is -2.42. The maximum Gasteiger partial charge on any atom is 0.328 e. The van der Waals surface area contributed by atoms with Crippen LogP contribution < -0.4 is 5.32 Å². The van der Waals surface area contributed by atoms with Crippen molar-refractivity contribution in [2.75, 3.05) is 19.8 Å². The number of thiophene rings is 1. The van der Waals surface area contributed by atoms with E-state index in [0.717, 1.165) is 5.56 Å². The SMILES string of the molecule is CCOC(=O)CC[C@H](NC(=O)c1cc(C)c(C#CCO)s1)C(=O)OCC. The van der Waals surface area contributed by atoms with Gasteiger partial charge in [-0.1, -0.05) is 11.8 Å². The number of aliphatic hydroxyl groups excluding tert-OH is 1. The third-order valence-electron chi connectivity index (χ3n) is 3.24. The van der Waals surface area contributed by atoms with E-state index in [1.807, 2.05) is 0 Å². The molecule has 0 fully saturated rings. The fourth-order valence-electron chi connectivity index (χ4n) is 2.05. The number of carbonyl (C=O) groups excluding carboxylic acids is 3. The predicted molar refractivity (Wildman–Crippen MR) is 96.8 cm³/mol. The molecule has 1 atom stereocenters. The van der Waals surface area contributed by atoms with Crippen LogP contribution in [0.3, 0.4) is 0 Å². The first-order valence-electron chi connectivity index (χ1n) is 8.26. The first-order chi connectivity index (χ1) is 12.4. The van der Waals surface area contributed by atoms with Gasteiger partial charge in [0.25, 0.3) is 5.91 Å². The average molecular weight is 381 g/mol. The second-order valence-corrected chi connectivity index (χ2v) is 6.26. The van der Waals surface area contributed by atoms with Crippen molar-refractivity contribution >= 4 is 29.2 Å². The number of hydrogen-bond donors (Lipinski definition) is 2. The lowest BCUT2D eigenvalue weighted by Gasteiger charge is -2.16. The monoisotopic (exact) mass is 381 g/mol. The summed E-state index contributed by atoms with van der Waals surface area (Å²) in [6.07, 6.45) is 0.0826. The van der Waals surface area contributed by atoms with Crippen molar-refractivity contribution in [1.82, 2.24) is 5.32 Å². The number of nitrogens with one attached hydrogen (secondary N) is 1. The van der Waals surface area contributed by atoms with Crippen LogP contribution in [-0.4, -0.2) is 48.8 Å². The molecule has 8 heteroatoms. The van der Waals surface area contributed by atoms with Crippen molar-refractivity contribution in [2.24, 2.45) is 0 Å². The topological polar surface area (TPSA) is 102 Å². The quantitative estimate of drug-likeness (QED) is 0.521. The van der Waals surface area contributed by atoms with Crippen LogP contribution in [0.25, 0.3) is 0 Å². The Morgan fingerprint density at radius 2 is 1.96 bits per heavy atom. The highest BCUT2D eigenvalue weighted by atomic mass is 32.1. The molecule has 0 spiro atoms. The Labute approximate surface area is 156 Å². The maximum atomic E-state index is 12.5. The number of ether oxygens (including phenoxy) is 2. The zero-order valence-corrected chi connectivity index (χ0v) is 15.9. The van der Waals surface area contributed by atoms with Crippen molar-refractivity contribution in [1.29, 1.82) is 0 Å². The Morgan fingerprint density at radius 3 is 2.58 bits per heavy atom. The standard InChI is InChI=1S/C18H23NO6S/c1-4-24-16(21)9-8-13(18(23)25-5-2)19-17(22)15-11-12(3)14(26-15)7-6-10-20/h11,13,20H,4-5,8-10H2,1-3H3,(H,19,22)/t13-/m0/s1. The molecule has 0 aliphatic heterocycles.